The lowest BCUT2D eigenvalue weighted by molar-refractivity contribution is 0.411. The van der Waals surface area contributed by atoms with Gasteiger partial charge in [-0.3, -0.25) is 4.68 Å². The van der Waals surface area contributed by atoms with Gasteiger partial charge in [-0.05, 0) is 12.8 Å². The number of aromatic nitrogens is 2. The molecule has 1 aromatic rings. The Labute approximate surface area is 95.1 Å². The van der Waals surface area contributed by atoms with Gasteiger partial charge in [-0.1, -0.05) is 0 Å². The first kappa shape index (κ1) is 11.6. The Morgan fingerprint density at radius 2 is 2.31 bits per heavy atom. The van der Waals surface area contributed by atoms with E-state index < -0.39 is 10.0 Å². The second kappa shape index (κ2) is 4.15. The van der Waals surface area contributed by atoms with E-state index in [4.69, 9.17) is 5.73 Å². The Morgan fingerprint density at radius 1 is 1.62 bits per heavy atom. The molecule has 0 atom stereocenters. The molecule has 0 unspecified atom stereocenters. The van der Waals surface area contributed by atoms with Crippen molar-refractivity contribution in [2.24, 2.45) is 12.8 Å². The van der Waals surface area contributed by atoms with Crippen LogP contribution in [0, 0.1) is 0 Å². The van der Waals surface area contributed by atoms with Crippen molar-refractivity contribution in [3.63, 3.8) is 0 Å². The Kier molecular flexibility index (Phi) is 3.00. The van der Waals surface area contributed by atoms with Gasteiger partial charge in [0.2, 0.25) is 10.0 Å². The number of hydrogen-bond acceptors (Lipinski definition) is 4. The SMILES string of the molecule is Cn1cc(S(=O)(=O)N(CCN)C2CC2)cn1. The molecular weight excluding hydrogens is 228 g/mol. The number of nitrogens with two attached hydrogens (primary N) is 1. The highest BCUT2D eigenvalue weighted by molar-refractivity contribution is 7.89. The van der Waals surface area contributed by atoms with Gasteiger partial charge in [0.05, 0.1) is 6.20 Å². The summed E-state index contributed by atoms with van der Waals surface area (Å²) in [6, 6.07) is 0.133. The maximum absolute atomic E-state index is 12.2. The fraction of sp³-hybridized carbons (Fsp3) is 0.667. The summed E-state index contributed by atoms with van der Waals surface area (Å²) in [6.45, 7) is 0.720. The van der Waals surface area contributed by atoms with Crippen molar-refractivity contribution >= 4 is 10.0 Å². The fourth-order valence-corrected chi connectivity index (χ4v) is 3.34. The van der Waals surface area contributed by atoms with E-state index in [1.54, 1.807) is 7.05 Å². The predicted octanol–water partition coefficient (Wildman–Crippen LogP) is -0.468. The first-order chi connectivity index (χ1) is 7.55. The van der Waals surface area contributed by atoms with Crippen molar-refractivity contribution in [2.45, 2.75) is 23.8 Å². The normalized spacial score (nSPS) is 16.9. The number of rotatable bonds is 5. The van der Waals surface area contributed by atoms with Gasteiger partial charge in [-0.2, -0.15) is 9.40 Å². The number of nitrogens with zero attached hydrogens (tertiary/aromatic N) is 3. The second-order valence-corrected chi connectivity index (χ2v) is 5.88. The molecule has 0 saturated heterocycles. The first-order valence-corrected chi connectivity index (χ1v) is 6.70. The summed E-state index contributed by atoms with van der Waals surface area (Å²) in [5.74, 6) is 0. The summed E-state index contributed by atoms with van der Waals surface area (Å²) in [5, 5.41) is 3.88. The maximum atomic E-state index is 12.2. The largest absolute Gasteiger partial charge is 0.329 e. The van der Waals surface area contributed by atoms with E-state index in [0.717, 1.165) is 12.8 Å². The van der Waals surface area contributed by atoms with E-state index in [1.165, 1.54) is 21.4 Å². The summed E-state index contributed by atoms with van der Waals surface area (Å²) >= 11 is 0. The quantitative estimate of drug-likeness (QED) is 0.759. The standard InChI is InChI=1S/C9H16N4O2S/c1-12-7-9(6-11-12)16(14,15)13(5-4-10)8-2-3-8/h6-8H,2-5,10H2,1H3. The molecule has 90 valence electrons. The molecule has 1 heterocycles. The molecule has 0 radical (unpaired) electrons. The summed E-state index contributed by atoms with van der Waals surface area (Å²) < 4.78 is 27.4. The third-order valence-electron chi connectivity index (χ3n) is 2.59. The molecule has 1 saturated carbocycles. The molecule has 0 spiro atoms. The molecule has 0 aliphatic heterocycles. The second-order valence-electron chi connectivity index (χ2n) is 3.99. The molecule has 16 heavy (non-hydrogen) atoms. The van der Waals surface area contributed by atoms with Crippen molar-refractivity contribution in [3.8, 4) is 0 Å². The number of aryl methyl sites for hydroxylation is 1. The third kappa shape index (κ3) is 2.11. The van der Waals surface area contributed by atoms with Gasteiger partial charge in [-0.25, -0.2) is 8.42 Å². The van der Waals surface area contributed by atoms with Gasteiger partial charge >= 0.3 is 0 Å². The van der Waals surface area contributed by atoms with Crippen LogP contribution in [-0.4, -0.2) is 41.6 Å². The predicted molar refractivity (Wildman–Crippen MR) is 59.2 cm³/mol. The van der Waals surface area contributed by atoms with E-state index >= 15 is 0 Å². The molecule has 0 bridgehead atoms. The Balaban J connectivity index is 2.28. The summed E-state index contributed by atoms with van der Waals surface area (Å²) in [7, 11) is -1.71. The van der Waals surface area contributed by atoms with Crippen molar-refractivity contribution in [3.05, 3.63) is 12.4 Å². The van der Waals surface area contributed by atoms with Crippen molar-refractivity contribution < 1.29 is 8.42 Å². The zero-order valence-corrected chi connectivity index (χ0v) is 10.0. The molecule has 1 fully saturated rings. The maximum Gasteiger partial charge on any atom is 0.246 e. The zero-order chi connectivity index (χ0) is 11.8. The molecule has 7 heteroatoms. The lowest BCUT2D eigenvalue weighted by Crippen LogP contribution is -2.36. The van der Waals surface area contributed by atoms with Crippen LogP contribution in [-0.2, 0) is 17.1 Å². The molecule has 0 aromatic carbocycles. The van der Waals surface area contributed by atoms with E-state index in [0.29, 0.717) is 13.1 Å². The summed E-state index contributed by atoms with van der Waals surface area (Å²) in [5.41, 5.74) is 5.45. The molecule has 2 N–H and O–H groups in total. The minimum Gasteiger partial charge on any atom is -0.329 e. The average Bonchev–Trinajstić information content (AvgIpc) is 2.96. The molecular formula is C9H16N4O2S. The van der Waals surface area contributed by atoms with Gasteiger partial charge in [-0.15, -0.1) is 0 Å². The molecule has 1 aliphatic rings. The minimum atomic E-state index is -3.41. The van der Waals surface area contributed by atoms with Crippen LogP contribution in [0.5, 0.6) is 0 Å². The van der Waals surface area contributed by atoms with Crippen LogP contribution in [0.3, 0.4) is 0 Å². The average molecular weight is 244 g/mol. The van der Waals surface area contributed by atoms with Crippen LogP contribution in [0.15, 0.2) is 17.3 Å². The van der Waals surface area contributed by atoms with E-state index in [9.17, 15) is 8.42 Å². The highest BCUT2D eigenvalue weighted by atomic mass is 32.2. The molecule has 0 amide bonds. The number of hydrogen-bond donors (Lipinski definition) is 1. The van der Waals surface area contributed by atoms with Gasteiger partial charge in [0.15, 0.2) is 0 Å². The topological polar surface area (TPSA) is 81.2 Å². The smallest absolute Gasteiger partial charge is 0.246 e. The molecule has 1 aliphatic carbocycles. The Bertz CT molecular complexity index is 464. The van der Waals surface area contributed by atoms with Crippen LogP contribution in [0.2, 0.25) is 0 Å². The highest BCUT2D eigenvalue weighted by Crippen LogP contribution is 2.31. The minimum absolute atomic E-state index is 0.133. The van der Waals surface area contributed by atoms with E-state index in [2.05, 4.69) is 5.10 Å². The third-order valence-corrected chi connectivity index (χ3v) is 4.50. The Hall–Kier alpha value is -0.920. The Morgan fingerprint density at radius 3 is 2.75 bits per heavy atom. The van der Waals surface area contributed by atoms with Crippen molar-refractivity contribution in [1.29, 1.82) is 0 Å². The van der Waals surface area contributed by atoms with Gasteiger partial charge in [0, 0.05) is 32.4 Å². The van der Waals surface area contributed by atoms with Gasteiger partial charge in [0.25, 0.3) is 0 Å². The zero-order valence-electron chi connectivity index (χ0n) is 9.20. The van der Waals surface area contributed by atoms with Crippen LogP contribution in [0.1, 0.15) is 12.8 Å². The van der Waals surface area contributed by atoms with E-state index in [-0.39, 0.29) is 10.9 Å². The highest BCUT2D eigenvalue weighted by Gasteiger charge is 2.37. The monoisotopic (exact) mass is 244 g/mol. The lowest BCUT2D eigenvalue weighted by atomic mass is 10.6. The molecule has 1 aromatic heterocycles. The van der Waals surface area contributed by atoms with Crippen LogP contribution in [0.4, 0.5) is 0 Å². The van der Waals surface area contributed by atoms with Gasteiger partial charge < -0.3 is 5.73 Å². The van der Waals surface area contributed by atoms with Crippen LogP contribution < -0.4 is 5.73 Å². The van der Waals surface area contributed by atoms with Gasteiger partial charge in [0.1, 0.15) is 4.90 Å². The van der Waals surface area contributed by atoms with Crippen molar-refractivity contribution in [1.82, 2.24) is 14.1 Å². The number of sulfonamides is 1. The fourth-order valence-electron chi connectivity index (χ4n) is 1.66. The molecule has 2 rings (SSSR count). The van der Waals surface area contributed by atoms with Crippen molar-refractivity contribution in [2.75, 3.05) is 13.1 Å². The van der Waals surface area contributed by atoms with Crippen LogP contribution in [0.25, 0.3) is 0 Å². The van der Waals surface area contributed by atoms with E-state index in [1.807, 2.05) is 0 Å². The van der Waals surface area contributed by atoms with Crippen LogP contribution >= 0.6 is 0 Å². The summed E-state index contributed by atoms with van der Waals surface area (Å²) in [4.78, 5) is 0.246. The molecule has 6 nitrogen and oxygen atoms in total. The summed E-state index contributed by atoms with van der Waals surface area (Å²) in [6.07, 6.45) is 4.75. The lowest BCUT2D eigenvalue weighted by Gasteiger charge is -2.19. The first-order valence-electron chi connectivity index (χ1n) is 5.26.